The first kappa shape index (κ1) is 25.8. The second-order valence-corrected chi connectivity index (χ2v) is 9.60. The van der Waals surface area contributed by atoms with Crippen molar-refractivity contribution in [2.75, 3.05) is 41.7 Å². The van der Waals surface area contributed by atoms with Crippen molar-refractivity contribution in [1.82, 2.24) is 5.32 Å². The molecule has 0 fully saturated rings. The Kier molecular flexibility index (Phi) is 8.01. The van der Waals surface area contributed by atoms with Crippen LogP contribution in [0, 0.1) is 0 Å². The van der Waals surface area contributed by atoms with E-state index in [9.17, 15) is 9.59 Å². The maximum atomic E-state index is 13.7. The van der Waals surface area contributed by atoms with Crippen molar-refractivity contribution in [3.05, 3.63) is 62.6 Å². The summed E-state index contributed by atoms with van der Waals surface area (Å²) in [4.78, 5) is 28.2. The zero-order chi connectivity index (χ0) is 25.8. The van der Waals surface area contributed by atoms with Crippen LogP contribution in [0.4, 0.5) is 0 Å². The first-order chi connectivity index (χ1) is 17.4. The van der Waals surface area contributed by atoms with Gasteiger partial charge in [-0.1, -0.05) is 6.07 Å². The van der Waals surface area contributed by atoms with Gasteiger partial charge in [0.25, 0.3) is 0 Å². The number of allylic oxidation sites excluding steroid dienone is 3. The molecule has 1 aliphatic heterocycles. The van der Waals surface area contributed by atoms with Crippen LogP contribution in [0.3, 0.4) is 0 Å². The summed E-state index contributed by atoms with van der Waals surface area (Å²) < 4.78 is 27.2. The Balaban J connectivity index is 1.85. The van der Waals surface area contributed by atoms with Crippen LogP contribution in [-0.2, 0) is 19.1 Å². The first-order valence-electron chi connectivity index (χ1n) is 11.7. The van der Waals surface area contributed by atoms with Crippen LogP contribution in [0.15, 0.2) is 52.2 Å². The highest BCUT2D eigenvalue weighted by Crippen LogP contribution is 2.49. The minimum atomic E-state index is -0.651. The van der Waals surface area contributed by atoms with Crippen molar-refractivity contribution in [1.29, 1.82) is 0 Å². The quantitative estimate of drug-likeness (QED) is 0.391. The minimum Gasteiger partial charge on any atom is -0.493 e. The average molecular weight is 514 g/mol. The number of ether oxygens (including phenoxy) is 5. The van der Waals surface area contributed by atoms with E-state index in [0.29, 0.717) is 52.5 Å². The van der Waals surface area contributed by atoms with Crippen molar-refractivity contribution >= 4 is 23.1 Å². The molecule has 2 aromatic rings. The number of Topliss-reactive ketones (excluding diaryl/α,β-unsaturated/α-hetero) is 1. The van der Waals surface area contributed by atoms with Crippen molar-refractivity contribution in [2.45, 2.75) is 31.6 Å². The zero-order valence-electron chi connectivity index (χ0n) is 21.1. The summed E-state index contributed by atoms with van der Waals surface area (Å²) in [6.45, 7) is 2.21. The molecule has 0 saturated heterocycles. The van der Waals surface area contributed by atoms with Crippen LogP contribution in [0.25, 0.3) is 0 Å². The fraction of sp³-hybridized carbons (Fsp3) is 0.407. The number of benzene rings is 1. The second kappa shape index (κ2) is 11.2. The molecule has 2 atom stereocenters. The number of nitrogens with one attached hydrogen (secondary N) is 1. The molecule has 8 nitrogen and oxygen atoms in total. The summed E-state index contributed by atoms with van der Waals surface area (Å²) in [6.07, 6.45) is 1.04. The molecule has 9 heteroatoms. The fourth-order valence-electron chi connectivity index (χ4n) is 4.93. The van der Waals surface area contributed by atoms with Crippen LogP contribution < -0.4 is 19.5 Å². The third-order valence-corrected chi connectivity index (χ3v) is 7.57. The van der Waals surface area contributed by atoms with Crippen molar-refractivity contribution in [3.63, 3.8) is 0 Å². The van der Waals surface area contributed by atoms with E-state index in [4.69, 9.17) is 23.7 Å². The highest BCUT2D eigenvalue weighted by atomic mass is 32.1. The van der Waals surface area contributed by atoms with E-state index in [1.165, 1.54) is 26.2 Å². The van der Waals surface area contributed by atoms with E-state index >= 15 is 0 Å². The number of thiophene rings is 1. The van der Waals surface area contributed by atoms with Gasteiger partial charge in [-0.15, -0.1) is 11.3 Å². The number of ketones is 1. The number of hydrogen-bond donors (Lipinski definition) is 1. The molecule has 2 aliphatic rings. The molecule has 2 heterocycles. The number of carbonyl (C=O) groups excluding carboxylic acids is 2. The van der Waals surface area contributed by atoms with Gasteiger partial charge in [0, 0.05) is 47.2 Å². The zero-order valence-corrected chi connectivity index (χ0v) is 22.0. The Labute approximate surface area is 214 Å². The first-order valence-corrected chi connectivity index (χ1v) is 12.5. The predicted octanol–water partition coefficient (Wildman–Crippen LogP) is 4.33. The molecular formula is C27H31NO7S. The lowest BCUT2D eigenvalue weighted by molar-refractivity contribution is -0.140. The van der Waals surface area contributed by atoms with Gasteiger partial charge in [0.15, 0.2) is 17.3 Å². The SMILES string of the molecule is COCCOC(=O)C1=C(C)NC2=C(C(=O)C[C@H](c3cccs3)C2)[C@@H]1c1cc(OC)c(OC)c(OC)c1. The smallest absolute Gasteiger partial charge is 0.336 e. The Morgan fingerprint density at radius 2 is 1.78 bits per heavy atom. The standard InChI is InChI=1S/C27H31NO7S/c1-15-23(27(30)35-9-8-31-2)24(17-13-20(32-3)26(34-5)21(14-17)33-4)25-18(28-15)11-16(12-19(25)29)22-7-6-10-36-22/h6-7,10,13-14,16,24,28H,8-9,11-12H2,1-5H3/t16-,24-/m1/s1. The Hall–Kier alpha value is -3.30. The lowest BCUT2D eigenvalue weighted by Gasteiger charge is -2.36. The van der Waals surface area contributed by atoms with E-state index < -0.39 is 11.9 Å². The summed E-state index contributed by atoms with van der Waals surface area (Å²) >= 11 is 1.65. The Morgan fingerprint density at radius 1 is 1.06 bits per heavy atom. The van der Waals surface area contributed by atoms with Gasteiger partial charge in [-0.25, -0.2) is 4.79 Å². The van der Waals surface area contributed by atoms with Crippen molar-refractivity contribution < 1.29 is 33.3 Å². The van der Waals surface area contributed by atoms with Crippen LogP contribution in [0.1, 0.15) is 42.0 Å². The van der Waals surface area contributed by atoms with E-state index in [2.05, 4.69) is 11.4 Å². The highest BCUT2D eigenvalue weighted by molar-refractivity contribution is 7.10. The van der Waals surface area contributed by atoms with Gasteiger partial charge in [-0.3, -0.25) is 4.79 Å². The Bertz CT molecular complexity index is 1170. The maximum absolute atomic E-state index is 13.7. The maximum Gasteiger partial charge on any atom is 0.336 e. The molecule has 0 bridgehead atoms. The minimum absolute atomic E-state index is 0.00408. The number of rotatable bonds is 9. The molecule has 1 aromatic heterocycles. The molecule has 0 radical (unpaired) electrons. The van der Waals surface area contributed by atoms with Gasteiger partial charge in [0.1, 0.15) is 6.61 Å². The Morgan fingerprint density at radius 3 is 2.36 bits per heavy atom. The van der Waals surface area contributed by atoms with Crippen LogP contribution >= 0.6 is 11.3 Å². The van der Waals surface area contributed by atoms with E-state index in [1.54, 1.807) is 30.6 Å². The van der Waals surface area contributed by atoms with Crippen LogP contribution in [0.5, 0.6) is 17.2 Å². The van der Waals surface area contributed by atoms with Gasteiger partial charge in [-0.05, 0) is 42.5 Å². The van der Waals surface area contributed by atoms with Crippen molar-refractivity contribution in [2.24, 2.45) is 0 Å². The normalized spacial score (nSPS) is 19.5. The summed E-state index contributed by atoms with van der Waals surface area (Å²) in [7, 11) is 6.14. The molecule has 0 amide bonds. The molecule has 0 saturated carbocycles. The third kappa shape index (κ3) is 4.85. The van der Waals surface area contributed by atoms with E-state index in [1.807, 2.05) is 18.4 Å². The molecule has 0 spiro atoms. The monoisotopic (exact) mass is 513 g/mol. The number of methoxy groups -OCH3 is 4. The van der Waals surface area contributed by atoms with Gasteiger partial charge in [0.2, 0.25) is 5.75 Å². The number of esters is 1. The lowest BCUT2D eigenvalue weighted by Crippen LogP contribution is -2.36. The number of carbonyl (C=O) groups is 2. The van der Waals surface area contributed by atoms with Gasteiger partial charge < -0.3 is 29.0 Å². The van der Waals surface area contributed by atoms with Gasteiger partial charge >= 0.3 is 5.97 Å². The second-order valence-electron chi connectivity index (χ2n) is 8.62. The molecule has 4 rings (SSSR count). The predicted molar refractivity (Wildman–Crippen MR) is 136 cm³/mol. The molecule has 1 N–H and O–H groups in total. The number of dihydropyridines is 1. The van der Waals surface area contributed by atoms with E-state index in [-0.39, 0.29) is 24.9 Å². The van der Waals surface area contributed by atoms with E-state index in [0.717, 1.165) is 5.70 Å². The fourth-order valence-corrected chi connectivity index (χ4v) is 5.76. The van der Waals surface area contributed by atoms with Crippen LogP contribution in [0.2, 0.25) is 0 Å². The molecule has 1 aromatic carbocycles. The summed E-state index contributed by atoms with van der Waals surface area (Å²) in [5.74, 6) is 0.249. The summed E-state index contributed by atoms with van der Waals surface area (Å²) in [6, 6.07) is 7.64. The summed E-state index contributed by atoms with van der Waals surface area (Å²) in [5, 5.41) is 5.39. The molecule has 0 unspecified atom stereocenters. The van der Waals surface area contributed by atoms with Gasteiger partial charge in [-0.2, -0.15) is 0 Å². The lowest BCUT2D eigenvalue weighted by atomic mass is 9.72. The van der Waals surface area contributed by atoms with Crippen molar-refractivity contribution in [3.8, 4) is 17.2 Å². The highest BCUT2D eigenvalue weighted by Gasteiger charge is 2.42. The summed E-state index contributed by atoms with van der Waals surface area (Å²) in [5.41, 5.74) is 3.10. The molecular weight excluding hydrogens is 482 g/mol. The number of hydrogen-bond acceptors (Lipinski definition) is 9. The van der Waals surface area contributed by atoms with Gasteiger partial charge in [0.05, 0.1) is 33.5 Å². The molecule has 1 aliphatic carbocycles. The van der Waals surface area contributed by atoms with Crippen LogP contribution in [-0.4, -0.2) is 53.4 Å². The average Bonchev–Trinajstić information content (AvgIpc) is 3.42. The molecule has 192 valence electrons. The molecule has 36 heavy (non-hydrogen) atoms. The topological polar surface area (TPSA) is 92.3 Å². The largest absolute Gasteiger partial charge is 0.493 e. The third-order valence-electron chi connectivity index (χ3n) is 6.53.